The number of benzene rings is 1. The molecule has 0 unspecified atom stereocenters. The molecule has 1 amide bonds. The highest BCUT2D eigenvalue weighted by Gasteiger charge is 2.26. The van der Waals surface area contributed by atoms with Crippen LogP contribution in [0, 0.1) is 12.7 Å². The van der Waals surface area contributed by atoms with Crippen molar-refractivity contribution in [2.45, 2.75) is 19.9 Å². The van der Waals surface area contributed by atoms with Gasteiger partial charge in [0.25, 0.3) is 5.91 Å². The van der Waals surface area contributed by atoms with Crippen LogP contribution in [0.3, 0.4) is 0 Å². The van der Waals surface area contributed by atoms with Gasteiger partial charge in [0.05, 0.1) is 5.69 Å². The molecule has 27 heavy (non-hydrogen) atoms. The van der Waals surface area contributed by atoms with Gasteiger partial charge in [-0.15, -0.1) is 11.3 Å². The molecule has 4 rings (SSSR count). The molecule has 0 aliphatic heterocycles. The third-order valence-corrected chi connectivity index (χ3v) is 5.21. The maximum absolute atomic E-state index is 13.1. The van der Waals surface area contributed by atoms with Crippen LogP contribution in [0.1, 0.15) is 35.2 Å². The van der Waals surface area contributed by atoms with Crippen molar-refractivity contribution in [2.75, 3.05) is 7.05 Å². The average Bonchev–Trinajstić information content (AvgIpc) is 3.36. The molecule has 7 nitrogen and oxygen atoms in total. The summed E-state index contributed by atoms with van der Waals surface area (Å²) in [4.78, 5) is 23.9. The Bertz CT molecular complexity index is 1110. The Kier molecular flexibility index (Phi) is 4.23. The van der Waals surface area contributed by atoms with Gasteiger partial charge in [0.2, 0.25) is 5.89 Å². The van der Waals surface area contributed by atoms with E-state index in [0.29, 0.717) is 28.1 Å². The number of carbonyl (C=O) groups is 1. The number of rotatable bonds is 4. The first-order chi connectivity index (χ1) is 12.9. The summed E-state index contributed by atoms with van der Waals surface area (Å²) in [5, 5.41) is 5.54. The van der Waals surface area contributed by atoms with Gasteiger partial charge in [-0.3, -0.25) is 9.20 Å². The van der Waals surface area contributed by atoms with Gasteiger partial charge in [-0.1, -0.05) is 5.16 Å². The molecule has 0 N–H and O–H groups in total. The minimum atomic E-state index is -0.367. The molecule has 138 valence electrons. The van der Waals surface area contributed by atoms with Crippen molar-refractivity contribution in [3.05, 3.63) is 59.1 Å². The molecule has 9 heteroatoms. The van der Waals surface area contributed by atoms with Crippen molar-refractivity contribution in [3.8, 4) is 11.3 Å². The van der Waals surface area contributed by atoms with E-state index in [4.69, 9.17) is 4.52 Å². The largest absolute Gasteiger partial charge is 0.337 e. The Morgan fingerprint density at radius 1 is 1.30 bits per heavy atom. The summed E-state index contributed by atoms with van der Waals surface area (Å²) >= 11 is 1.37. The van der Waals surface area contributed by atoms with Crippen LogP contribution in [0.25, 0.3) is 16.2 Å². The first kappa shape index (κ1) is 17.3. The van der Waals surface area contributed by atoms with Crippen LogP contribution in [0.15, 0.2) is 40.4 Å². The molecule has 0 spiro atoms. The number of fused-ring (bicyclic) bond motifs is 1. The Morgan fingerprint density at radius 3 is 2.70 bits per heavy atom. The molecule has 0 radical (unpaired) electrons. The molecule has 0 fully saturated rings. The summed E-state index contributed by atoms with van der Waals surface area (Å²) in [7, 11) is 1.69. The number of amides is 1. The summed E-state index contributed by atoms with van der Waals surface area (Å²) in [6.07, 6.45) is 1.78. The molecule has 0 saturated carbocycles. The molecule has 4 aromatic rings. The minimum absolute atomic E-state index is 0.187. The van der Waals surface area contributed by atoms with Crippen molar-refractivity contribution in [1.82, 2.24) is 24.4 Å². The first-order valence-corrected chi connectivity index (χ1v) is 9.12. The molecule has 0 aliphatic rings. The molecular formula is C18H16FN5O2S. The van der Waals surface area contributed by atoms with E-state index in [-0.39, 0.29) is 17.8 Å². The number of halogens is 1. The topological polar surface area (TPSA) is 76.5 Å². The van der Waals surface area contributed by atoms with Crippen LogP contribution < -0.4 is 0 Å². The van der Waals surface area contributed by atoms with Crippen LogP contribution in [0.4, 0.5) is 4.39 Å². The van der Waals surface area contributed by atoms with E-state index in [1.54, 1.807) is 47.0 Å². The van der Waals surface area contributed by atoms with Gasteiger partial charge >= 0.3 is 0 Å². The SMILES string of the molecule is Cc1noc([C@H](C)N(C)C(=O)c2csc3nc(-c4ccc(F)cc4)cn23)n1. The molecule has 1 atom stereocenters. The Morgan fingerprint density at radius 2 is 2.04 bits per heavy atom. The lowest BCUT2D eigenvalue weighted by atomic mass is 10.2. The number of hydrogen-bond donors (Lipinski definition) is 0. The fraction of sp³-hybridized carbons (Fsp3) is 0.222. The van der Waals surface area contributed by atoms with Crippen LogP contribution >= 0.6 is 11.3 Å². The van der Waals surface area contributed by atoms with E-state index in [0.717, 1.165) is 5.56 Å². The molecular weight excluding hydrogens is 369 g/mol. The van der Waals surface area contributed by atoms with Gasteiger partial charge in [-0.2, -0.15) is 4.98 Å². The van der Waals surface area contributed by atoms with Crippen molar-refractivity contribution < 1.29 is 13.7 Å². The first-order valence-electron chi connectivity index (χ1n) is 8.24. The van der Waals surface area contributed by atoms with Crippen LogP contribution in [0.2, 0.25) is 0 Å². The number of hydrogen-bond acceptors (Lipinski definition) is 6. The zero-order valence-electron chi connectivity index (χ0n) is 14.9. The van der Waals surface area contributed by atoms with E-state index in [2.05, 4.69) is 15.1 Å². The number of aromatic nitrogens is 4. The van der Waals surface area contributed by atoms with Gasteiger partial charge in [0.1, 0.15) is 17.6 Å². The van der Waals surface area contributed by atoms with E-state index in [1.807, 2.05) is 6.92 Å². The number of thiazole rings is 1. The lowest BCUT2D eigenvalue weighted by molar-refractivity contribution is 0.0709. The van der Waals surface area contributed by atoms with Crippen molar-refractivity contribution in [2.24, 2.45) is 0 Å². The van der Waals surface area contributed by atoms with Crippen LogP contribution in [-0.4, -0.2) is 37.4 Å². The third-order valence-electron chi connectivity index (χ3n) is 4.37. The second-order valence-electron chi connectivity index (χ2n) is 6.18. The standard InChI is InChI=1S/C18H16FN5O2S/c1-10(16-20-11(2)22-26-16)23(3)17(25)15-9-27-18-21-14(8-24(15)18)12-4-6-13(19)7-5-12/h4-10H,1-3H3/t10-/m0/s1. The van der Waals surface area contributed by atoms with E-state index < -0.39 is 0 Å². The maximum atomic E-state index is 13.1. The monoisotopic (exact) mass is 385 g/mol. The molecule has 0 aliphatic carbocycles. The van der Waals surface area contributed by atoms with Crippen LogP contribution in [-0.2, 0) is 0 Å². The molecule has 1 aromatic carbocycles. The summed E-state index contributed by atoms with van der Waals surface area (Å²) in [6.45, 7) is 3.55. The Hall–Kier alpha value is -3.07. The van der Waals surface area contributed by atoms with Gasteiger partial charge in [0, 0.05) is 24.2 Å². The normalized spacial score (nSPS) is 12.4. The fourth-order valence-electron chi connectivity index (χ4n) is 2.70. The minimum Gasteiger partial charge on any atom is -0.337 e. The van der Waals surface area contributed by atoms with E-state index >= 15 is 0 Å². The van der Waals surface area contributed by atoms with Crippen molar-refractivity contribution in [3.63, 3.8) is 0 Å². The lowest BCUT2D eigenvalue weighted by Gasteiger charge is -2.21. The van der Waals surface area contributed by atoms with E-state index in [9.17, 15) is 9.18 Å². The molecule has 3 heterocycles. The van der Waals surface area contributed by atoms with Gasteiger partial charge in [-0.25, -0.2) is 9.37 Å². The van der Waals surface area contributed by atoms with Crippen molar-refractivity contribution >= 4 is 22.2 Å². The molecule has 0 bridgehead atoms. The second kappa shape index (κ2) is 6.58. The zero-order valence-corrected chi connectivity index (χ0v) is 15.7. The van der Waals surface area contributed by atoms with Gasteiger partial charge in [0.15, 0.2) is 10.8 Å². The maximum Gasteiger partial charge on any atom is 0.272 e. The zero-order chi connectivity index (χ0) is 19.1. The van der Waals surface area contributed by atoms with Gasteiger partial charge < -0.3 is 9.42 Å². The Labute approximate surface area is 158 Å². The average molecular weight is 385 g/mol. The third kappa shape index (κ3) is 3.10. The summed E-state index contributed by atoms with van der Waals surface area (Å²) in [5.41, 5.74) is 1.95. The number of carbonyl (C=O) groups excluding carboxylic acids is 1. The summed E-state index contributed by atoms with van der Waals surface area (Å²) in [5.74, 6) is 0.414. The predicted molar refractivity (Wildman–Crippen MR) is 98.0 cm³/mol. The summed E-state index contributed by atoms with van der Waals surface area (Å²) in [6, 6.07) is 5.73. The molecule has 3 aromatic heterocycles. The second-order valence-corrected chi connectivity index (χ2v) is 7.01. The van der Waals surface area contributed by atoms with Crippen molar-refractivity contribution in [1.29, 1.82) is 0 Å². The number of imidazole rings is 1. The summed E-state index contributed by atoms with van der Waals surface area (Å²) < 4.78 is 20.0. The highest BCUT2D eigenvalue weighted by atomic mass is 32.1. The lowest BCUT2D eigenvalue weighted by Crippen LogP contribution is -2.30. The van der Waals surface area contributed by atoms with E-state index in [1.165, 1.54) is 23.5 Å². The smallest absolute Gasteiger partial charge is 0.272 e. The number of nitrogens with zero attached hydrogens (tertiary/aromatic N) is 5. The predicted octanol–water partition coefficient (Wildman–Crippen LogP) is 3.73. The highest BCUT2D eigenvalue weighted by Crippen LogP contribution is 2.26. The number of aryl methyl sites for hydroxylation is 1. The quantitative estimate of drug-likeness (QED) is 0.535. The Balaban J connectivity index is 1.65. The van der Waals surface area contributed by atoms with Crippen LogP contribution in [0.5, 0.6) is 0 Å². The van der Waals surface area contributed by atoms with Gasteiger partial charge in [-0.05, 0) is 38.1 Å². The fourth-order valence-corrected chi connectivity index (χ4v) is 3.55. The highest BCUT2D eigenvalue weighted by molar-refractivity contribution is 7.15. The molecule has 0 saturated heterocycles.